The maximum Gasteiger partial charge on any atom is 0.272 e. The van der Waals surface area contributed by atoms with Crippen LogP contribution in [0.1, 0.15) is 29.0 Å². The van der Waals surface area contributed by atoms with Gasteiger partial charge in [0.15, 0.2) is 0 Å². The third-order valence-corrected chi connectivity index (χ3v) is 9.09. The highest BCUT2D eigenvalue weighted by molar-refractivity contribution is 6.31. The molecule has 0 spiro atoms. The molecular formula is C37H34Cl2N6O3. The van der Waals surface area contributed by atoms with Crippen molar-refractivity contribution in [2.24, 2.45) is 0 Å². The number of aromatic nitrogens is 4. The first-order valence-electron chi connectivity index (χ1n) is 15.8. The molecular weight excluding hydrogens is 647 g/mol. The smallest absolute Gasteiger partial charge is 0.272 e. The quantitative estimate of drug-likeness (QED) is 0.152. The van der Waals surface area contributed by atoms with E-state index in [0.29, 0.717) is 52.7 Å². The van der Waals surface area contributed by atoms with Crippen molar-refractivity contribution in [1.29, 1.82) is 0 Å². The standard InChI is InChI=1S/C37H34Cl2N6O3/c1-24(25-9-11-27(38)12-10-25)45-23-41-33(26-6-3-2-4-7-26)35(45)32-29-14-13-28(39)22-31(29)42-34(32)36(46)43-30-8-5-15-40-37(30)48-21-18-44-16-19-47-20-17-44/h2-15,22-24,42H,16-21H2,1H3,(H,43,46)/t24-/m0/s1. The van der Waals surface area contributed by atoms with E-state index in [1.807, 2.05) is 79.1 Å². The van der Waals surface area contributed by atoms with Crippen molar-refractivity contribution in [2.75, 3.05) is 44.8 Å². The van der Waals surface area contributed by atoms with E-state index in [4.69, 9.17) is 37.7 Å². The van der Waals surface area contributed by atoms with Crippen LogP contribution in [0.5, 0.6) is 5.88 Å². The Hall–Kier alpha value is -4.67. The maximum absolute atomic E-state index is 14.4. The monoisotopic (exact) mass is 680 g/mol. The number of hydrogen-bond acceptors (Lipinski definition) is 6. The number of rotatable bonds is 10. The van der Waals surface area contributed by atoms with Crippen LogP contribution in [-0.4, -0.2) is 69.8 Å². The van der Waals surface area contributed by atoms with Gasteiger partial charge in [-0.3, -0.25) is 9.69 Å². The van der Waals surface area contributed by atoms with E-state index in [0.717, 1.165) is 53.1 Å². The summed E-state index contributed by atoms with van der Waals surface area (Å²) in [6.45, 7) is 6.42. The predicted molar refractivity (Wildman–Crippen MR) is 190 cm³/mol. The Balaban J connectivity index is 1.30. The molecule has 0 bridgehead atoms. The summed E-state index contributed by atoms with van der Waals surface area (Å²) in [5, 5.41) is 5.12. The minimum atomic E-state index is -0.353. The summed E-state index contributed by atoms with van der Waals surface area (Å²) in [4.78, 5) is 29.4. The number of fused-ring (bicyclic) bond motifs is 1. The van der Waals surface area contributed by atoms with Gasteiger partial charge in [0.05, 0.1) is 37.0 Å². The Labute approximate surface area is 288 Å². The topological polar surface area (TPSA) is 97.3 Å². The second-order valence-corrected chi connectivity index (χ2v) is 12.5. The molecule has 4 heterocycles. The summed E-state index contributed by atoms with van der Waals surface area (Å²) >= 11 is 12.7. The largest absolute Gasteiger partial charge is 0.475 e. The summed E-state index contributed by atoms with van der Waals surface area (Å²) in [6.07, 6.45) is 3.48. The third-order valence-electron chi connectivity index (χ3n) is 8.60. The van der Waals surface area contributed by atoms with Gasteiger partial charge in [-0.15, -0.1) is 0 Å². The van der Waals surface area contributed by atoms with Gasteiger partial charge in [-0.2, -0.15) is 0 Å². The second kappa shape index (κ2) is 14.2. The number of aromatic amines is 1. The van der Waals surface area contributed by atoms with Crippen LogP contribution in [0.3, 0.4) is 0 Å². The summed E-state index contributed by atoms with van der Waals surface area (Å²) < 4.78 is 13.6. The number of carbonyl (C=O) groups excluding carboxylic acids is 1. The van der Waals surface area contributed by atoms with Gasteiger partial charge in [-0.25, -0.2) is 9.97 Å². The van der Waals surface area contributed by atoms with E-state index in [1.54, 1.807) is 18.3 Å². The van der Waals surface area contributed by atoms with E-state index in [-0.39, 0.29) is 11.9 Å². The molecule has 1 aliphatic heterocycles. The van der Waals surface area contributed by atoms with E-state index in [1.165, 1.54) is 0 Å². The molecule has 9 nitrogen and oxygen atoms in total. The molecule has 1 amide bonds. The van der Waals surface area contributed by atoms with Crippen LogP contribution < -0.4 is 10.1 Å². The molecule has 1 fully saturated rings. The number of benzene rings is 3. The molecule has 2 N–H and O–H groups in total. The van der Waals surface area contributed by atoms with Gasteiger partial charge in [0.2, 0.25) is 5.88 Å². The minimum Gasteiger partial charge on any atom is -0.475 e. The average molecular weight is 682 g/mol. The lowest BCUT2D eigenvalue weighted by atomic mass is 9.99. The van der Waals surface area contributed by atoms with Gasteiger partial charge in [-0.05, 0) is 48.9 Å². The minimum absolute atomic E-state index is 0.139. The summed E-state index contributed by atoms with van der Waals surface area (Å²) in [6, 6.07) is 26.7. The lowest BCUT2D eigenvalue weighted by Crippen LogP contribution is -2.38. The van der Waals surface area contributed by atoms with E-state index in [2.05, 4.69) is 31.7 Å². The summed E-state index contributed by atoms with van der Waals surface area (Å²) in [5.41, 5.74) is 5.76. The number of nitrogens with one attached hydrogen (secondary N) is 2. The zero-order valence-electron chi connectivity index (χ0n) is 26.3. The molecule has 0 aliphatic carbocycles. The summed E-state index contributed by atoms with van der Waals surface area (Å²) in [7, 11) is 0. The van der Waals surface area contributed by atoms with Gasteiger partial charge >= 0.3 is 0 Å². The Bertz CT molecular complexity index is 2040. The average Bonchev–Trinajstić information content (AvgIpc) is 3.71. The highest BCUT2D eigenvalue weighted by atomic mass is 35.5. The number of nitrogens with zero attached hydrogens (tertiary/aromatic N) is 4. The fourth-order valence-electron chi connectivity index (χ4n) is 6.08. The molecule has 3 aromatic carbocycles. The molecule has 11 heteroatoms. The van der Waals surface area contributed by atoms with Crippen molar-refractivity contribution in [3.05, 3.63) is 119 Å². The highest BCUT2D eigenvalue weighted by Crippen LogP contribution is 2.41. The zero-order valence-corrected chi connectivity index (χ0v) is 27.8. The molecule has 7 rings (SSSR count). The molecule has 1 aliphatic rings. The third kappa shape index (κ3) is 6.68. The predicted octanol–water partition coefficient (Wildman–Crippen LogP) is 7.97. The Morgan fingerprint density at radius 3 is 2.54 bits per heavy atom. The lowest BCUT2D eigenvalue weighted by molar-refractivity contribution is 0.0320. The molecule has 0 saturated carbocycles. The normalized spacial score (nSPS) is 14.2. The van der Waals surface area contributed by atoms with Crippen LogP contribution in [-0.2, 0) is 4.74 Å². The van der Waals surface area contributed by atoms with Crippen molar-refractivity contribution < 1.29 is 14.3 Å². The number of carbonyl (C=O) groups is 1. The zero-order chi connectivity index (χ0) is 33.0. The fourth-order valence-corrected chi connectivity index (χ4v) is 6.38. The number of imidazole rings is 1. The number of ether oxygens (including phenoxy) is 2. The van der Waals surface area contributed by atoms with Gasteiger partial charge in [0, 0.05) is 57.9 Å². The van der Waals surface area contributed by atoms with Crippen molar-refractivity contribution >= 4 is 45.7 Å². The fraction of sp³-hybridized carbons (Fsp3) is 0.216. The van der Waals surface area contributed by atoms with Crippen molar-refractivity contribution in [3.8, 4) is 28.4 Å². The number of amides is 1. The number of H-pyrrole nitrogens is 1. The number of halogens is 2. The van der Waals surface area contributed by atoms with Crippen LogP contribution in [0, 0.1) is 0 Å². The molecule has 244 valence electrons. The SMILES string of the molecule is C[C@@H](c1ccc(Cl)cc1)n1cnc(-c2ccccc2)c1-c1c(C(=O)Nc2cccnc2OCCN2CCOCC2)[nH]c2cc(Cl)ccc12. The second-order valence-electron chi connectivity index (χ2n) is 11.6. The highest BCUT2D eigenvalue weighted by Gasteiger charge is 2.28. The van der Waals surface area contributed by atoms with E-state index >= 15 is 0 Å². The van der Waals surface area contributed by atoms with Crippen molar-refractivity contribution in [2.45, 2.75) is 13.0 Å². The molecule has 1 saturated heterocycles. The van der Waals surface area contributed by atoms with Crippen LogP contribution in [0.4, 0.5) is 5.69 Å². The van der Waals surface area contributed by atoms with Crippen LogP contribution in [0.15, 0.2) is 97.5 Å². The van der Waals surface area contributed by atoms with Crippen molar-refractivity contribution in [3.63, 3.8) is 0 Å². The molecule has 0 radical (unpaired) electrons. The maximum atomic E-state index is 14.4. The molecule has 6 aromatic rings. The number of hydrogen-bond donors (Lipinski definition) is 2. The first kappa shape index (κ1) is 31.9. The number of morpholine rings is 1. The molecule has 0 unspecified atom stereocenters. The number of anilines is 1. The van der Waals surface area contributed by atoms with Crippen LogP contribution >= 0.6 is 23.2 Å². The Kier molecular flexibility index (Phi) is 9.45. The first-order chi connectivity index (χ1) is 23.5. The number of pyridine rings is 1. The Morgan fingerprint density at radius 1 is 0.979 bits per heavy atom. The van der Waals surface area contributed by atoms with Gasteiger partial charge in [0.25, 0.3) is 5.91 Å². The molecule has 1 atom stereocenters. The van der Waals surface area contributed by atoms with Crippen molar-refractivity contribution in [1.82, 2.24) is 24.4 Å². The molecule has 48 heavy (non-hydrogen) atoms. The lowest BCUT2D eigenvalue weighted by Gasteiger charge is -2.26. The molecule has 3 aromatic heterocycles. The van der Waals surface area contributed by atoms with E-state index in [9.17, 15) is 4.79 Å². The van der Waals surface area contributed by atoms with Crippen LogP contribution in [0.2, 0.25) is 10.0 Å². The van der Waals surface area contributed by atoms with Gasteiger partial charge < -0.3 is 24.3 Å². The van der Waals surface area contributed by atoms with Gasteiger partial charge in [0.1, 0.15) is 18.0 Å². The van der Waals surface area contributed by atoms with Crippen LogP contribution in [0.25, 0.3) is 33.4 Å². The van der Waals surface area contributed by atoms with E-state index < -0.39 is 0 Å². The van der Waals surface area contributed by atoms with Gasteiger partial charge in [-0.1, -0.05) is 71.7 Å². The Morgan fingerprint density at radius 2 is 1.75 bits per heavy atom. The summed E-state index contributed by atoms with van der Waals surface area (Å²) in [5.74, 6) is 0.000418. The first-order valence-corrected chi connectivity index (χ1v) is 16.6.